The van der Waals surface area contributed by atoms with E-state index in [1.807, 2.05) is 41.0 Å². The summed E-state index contributed by atoms with van der Waals surface area (Å²) in [5.41, 5.74) is 3.10. The summed E-state index contributed by atoms with van der Waals surface area (Å²) in [6.07, 6.45) is 5.37. The van der Waals surface area contributed by atoms with Crippen LogP contribution >= 0.6 is 0 Å². The number of likely N-dealkylation sites (tertiary alicyclic amines) is 1. The van der Waals surface area contributed by atoms with E-state index in [0.717, 1.165) is 55.8 Å². The van der Waals surface area contributed by atoms with Crippen LogP contribution in [0.4, 0.5) is 0 Å². The van der Waals surface area contributed by atoms with Crippen LogP contribution < -0.4 is 0 Å². The van der Waals surface area contributed by atoms with Crippen molar-refractivity contribution in [2.24, 2.45) is 5.92 Å². The Morgan fingerprint density at radius 1 is 0.944 bits per heavy atom. The molecular weight excluding hydrogens is 454 g/mol. The summed E-state index contributed by atoms with van der Waals surface area (Å²) < 4.78 is 1.76. The van der Waals surface area contributed by atoms with Gasteiger partial charge >= 0.3 is 0 Å². The molecule has 1 saturated carbocycles. The summed E-state index contributed by atoms with van der Waals surface area (Å²) in [5.74, 6) is 1.37. The van der Waals surface area contributed by atoms with E-state index in [4.69, 9.17) is 10.1 Å². The molecule has 3 aliphatic rings. The zero-order valence-corrected chi connectivity index (χ0v) is 21.1. The molecule has 3 aromatic heterocycles. The van der Waals surface area contributed by atoms with Crippen molar-refractivity contribution < 1.29 is 9.59 Å². The highest BCUT2D eigenvalue weighted by Gasteiger charge is 2.34. The molecule has 2 saturated heterocycles. The van der Waals surface area contributed by atoms with Gasteiger partial charge in [0.15, 0.2) is 11.5 Å². The number of nitrogens with zero attached hydrogens (tertiary/aromatic N) is 7. The Morgan fingerprint density at radius 3 is 2.36 bits per heavy atom. The first-order valence-electron chi connectivity index (χ1n) is 13.1. The zero-order chi connectivity index (χ0) is 24.8. The van der Waals surface area contributed by atoms with Crippen molar-refractivity contribution in [3.8, 4) is 5.82 Å². The Balaban J connectivity index is 1.25. The lowest BCUT2D eigenvalue weighted by Gasteiger charge is -2.37. The minimum Gasteiger partial charge on any atom is -0.340 e. The Morgan fingerprint density at radius 2 is 1.69 bits per heavy atom. The van der Waals surface area contributed by atoms with E-state index in [1.165, 1.54) is 0 Å². The van der Waals surface area contributed by atoms with Crippen LogP contribution in [-0.4, -0.2) is 92.6 Å². The fraction of sp³-hybridized carbons (Fsp3) is 0.519. The van der Waals surface area contributed by atoms with Gasteiger partial charge in [0.2, 0.25) is 5.91 Å². The number of aromatic nitrogens is 4. The molecule has 5 heterocycles. The first kappa shape index (κ1) is 23.1. The van der Waals surface area contributed by atoms with Crippen molar-refractivity contribution in [2.45, 2.75) is 38.5 Å². The Labute approximate surface area is 211 Å². The lowest BCUT2D eigenvalue weighted by molar-refractivity contribution is -0.138. The standard InChI is InChI=1S/C27H33N7O2/c1-18-24-21(17-22(19-6-7-19)29-25(24)34(30-18)23-5-3-4-10-28-23)27(36)32-11-8-20(9-12-32)26(35)33-15-13-31(2)14-16-33/h3-5,10,17,19-20H,6-9,11-16H2,1-2H3. The summed E-state index contributed by atoms with van der Waals surface area (Å²) in [4.78, 5) is 42.5. The number of hydrogen-bond donors (Lipinski definition) is 0. The van der Waals surface area contributed by atoms with Crippen LogP contribution in [0.2, 0.25) is 0 Å². The number of piperidine rings is 1. The van der Waals surface area contributed by atoms with E-state index < -0.39 is 0 Å². The molecule has 3 fully saturated rings. The SMILES string of the molecule is Cc1nn(-c2ccccn2)c2nc(C3CC3)cc(C(=O)N3CCC(C(=O)N4CCN(C)CC4)CC3)c12. The van der Waals surface area contributed by atoms with Gasteiger partial charge in [-0.15, -0.1) is 0 Å². The van der Waals surface area contributed by atoms with Gasteiger partial charge in [-0.25, -0.2) is 9.97 Å². The maximum absolute atomic E-state index is 13.9. The van der Waals surface area contributed by atoms with Gasteiger partial charge in [-0.2, -0.15) is 9.78 Å². The van der Waals surface area contributed by atoms with Crippen molar-refractivity contribution >= 4 is 22.8 Å². The van der Waals surface area contributed by atoms with Crippen molar-refractivity contribution in [3.63, 3.8) is 0 Å². The lowest BCUT2D eigenvalue weighted by atomic mass is 9.94. The molecule has 188 valence electrons. The number of hydrogen-bond acceptors (Lipinski definition) is 6. The highest BCUT2D eigenvalue weighted by Crippen LogP contribution is 2.41. The second-order valence-electron chi connectivity index (χ2n) is 10.4. The van der Waals surface area contributed by atoms with Crippen molar-refractivity contribution in [1.82, 2.24) is 34.4 Å². The highest BCUT2D eigenvalue weighted by molar-refractivity contribution is 6.07. The molecule has 0 bridgehead atoms. The van der Waals surface area contributed by atoms with Crippen LogP contribution in [-0.2, 0) is 4.79 Å². The van der Waals surface area contributed by atoms with Crippen LogP contribution in [0.25, 0.3) is 16.9 Å². The van der Waals surface area contributed by atoms with Crippen molar-refractivity contribution in [3.05, 3.63) is 47.4 Å². The molecule has 0 unspecified atom stereocenters. The first-order chi connectivity index (χ1) is 17.5. The molecule has 0 atom stereocenters. The number of pyridine rings is 2. The quantitative estimate of drug-likeness (QED) is 0.562. The number of fused-ring (bicyclic) bond motifs is 1. The third-order valence-electron chi connectivity index (χ3n) is 7.87. The molecular formula is C27H33N7O2. The summed E-state index contributed by atoms with van der Waals surface area (Å²) >= 11 is 0. The molecule has 2 aliphatic heterocycles. The first-order valence-corrected chi connectivity index (χ1v) is 13.1. The Bertz CT molecular complexity index is 1280. The van der Waals surface area contributed by atoms with Gasteiger partial charge in [-0.3, -0.25) is 9.59 Å². The smallest absolute Gasteiger partial charge is 0.254 e. The molecule has 0 N–H and O–H groups in total. The van der Waals surface area contributed by atoms with Crippen LogP contribution in [0.5, 0.6) is 0 Å². The molecule has 9 heteroatoms. The molecule has 0 spiro atoms. The Hall–Kier alpha value is -3.33. The molecule has 3 aromatic rings. The number of carbonyl (C=O) groups excluding carboxylic acids is 2. The number of likely N-dealkylation sites (N-methyl/N-ethyl adjacent to an activating group) is 1. The van der Waals surface area contributed by atoms with Gasteiger partial charge in [0, 0.05) is 63.0 Å². The molecule has 9 nitrogen and oxygen atoms in total. The van der Waals surface area contributed by atoms with E-state index in [2.05, 4.69) is 16.9 Å². The molecule has 0 aromatic carbocycles. The van der Waals surface area contributed by atoms with Crippen LogP contribution in [0.15, 0.2) is 30.5 Å². The van der Waals surface area contributed by atoms with Crippen molar-refractivity contribution in [1.29, 1.82) is 0 Å². The monoisotopic (exact) mass is 487 g/mol. The molecule has 6 rings (SSSR count). The van der Waals surface area contributed by atoms with Crippen molar-refractivity contribution in [2.75, 3.05) is 46.3 Å². The maximum atomic E-state index is 13.9. The second kappa shape index (κ2) is 9.28. The molecule has 0 radical (unpaired) electrons. The highest BCUT2D eigenvalue weighted by atomic mass is 16.2. The second-order valence-corrected chi connectivity index (χ2v) is 10.4. The van der Waals surface area contributed by atoms with Gasteiger partial charge in [0.1, 0.15) is 0 Å². The minimum absolute atomic E-state index is 0.00517. The number of rotatable bonds is 4. The fourth-order valence-electron chi connectivity index (χ4n) is 5.49. The number of aryl methyl sites for hydroxylation is 1. The summed E-state index contributed by atoms with van der Waals surface area (Å²) in [5, 5.41) is 5.53. The largest absolute Gasteiger partial charge is 0.340 e. The molecule has 36 heavy (non-hydrogen) atoms. The summed E-state index contributed by atoms with van der Waals surface area (Å²) in [6.45, 7) is 6.57. The number of piperazine rings is 1. The average molecular weight is 488 g/mol. The molecule has 1 aliphatic carbocycles. The van der Waals surface area contributed by atoms with Crippen LogP contribution in [0, 0.1) is 12.8 Å². The van der Waals surface area contributed by atoms with Gasteiger partial charge in [0.25, 0.3) is 5.91 Å². The molecule has 2 amide bonds. The van der Waals surface area contributed by atoms with Gasteiger partial charge in [-0.05, 0) is 57.9 Å². The van der Waals surface area contributed by atoms with E-state index in [-0.39, 0.29) is 17.7 Å². The van der Waals surface area contributed by atoms with E-state index in [1.54, 1.807) is 10.9 Å². The minimum atomic E-state index is 0.00517. The van der Waals surface area contributed by atoms with E-state index in [0.29, 0.717) is 48.9 Å². The summed E-state index contributed by atoms with van der Waals surface area (Å²) in [7, 11) is 2.10. The van der Waals surface area contributed by atoms with Crippen LogP contribution in [0.3, 0.4) is 0 Å². The summed E-state index contributed by atoms with van der Waals surface area (Å²) in [6, 6.07) is 7.69. The Kier molecular flexibility index (Phi) is 5.95. The third-order valence-corrected chi connectivity index (χ3v) is 7.87. The normalized spacial score (nSPS) is 19.7. The fourth-order valence-corrected chi connectivity index (χ4v) is 5.49. The maximum Gasteiger partial charge on any atom is 0.254 e. The predicted molar refractivity (Wildman–Crippen MR) is 136 cm³/mol. The average Bonchev–Trinajstić information content (AvgIpc) is 3.72. The topological polar surface area (TPSA) is 87.5 Å². The third kappa shape index (κ3) is 4.25. The number of carbonyl (C=O) groups is 2. The van der Waals surface area contributed by atoms with E-state index >= 15 is 0 Å². The van der Waals surface area contributed by atoms with Gasteiger partial charge < -0.3 is 14.7 Å². The lowest BCUT2D eigenvalue weighted by Crippen LogP contribution is -2.51. The zero-order valence-electron chi connectivity index (χ0n) is 21.1. The van der Waals surface area contributed by atoms with E-state index in [9.17, 15) is 9.59 Å². The van der Waals surface area contributed by atoms with Gasteiger partial charge in [0.05, 0.1) is 16.6 Å². The van der Waals surface area contributed by atoms with Crippen LogP contribution in [0.1, 0.15) is 53.3 Å². The predicted octanol–water partition coefficient (Wildman–Crippen LogP) is 2.63. The van der Waals surface area contributed by atoms with Gasteiger partial charge in [-0.1, -0.05) is 6.07 Å². The number of amides is 2.